The van der Waals surface area contributed by atoms with Gasteiger partial charge in [0.05, 0.1) is 13.6 Å². The van der Waals surface area contributed by atoms with Crippen LogP contribution in [0.15, 0.2) is 23.3 Å². The van der Waals surface area contributed by atoms with Gasteiger partial charge in [-0.05, 0) is 25.3 Å². The molecule has 0 aromatic carbocycles. The van der Waals surface area contributed by atoms with Crippen LogP contribution < -0.4 is 10.2 Å². The molecule has 3 aliphatic heterocycles. The van der Waals surface area contributed by atoms with E-state index < -0.39 is 5.92 Å². The molecule has 0 saturated carbocycles. The lowest BCUT2D eigenvalue weighted by atomic mass is 10.0. The van der Waals surface area contributed by atoms with Crippen molar-refractivity contribution in [3.05, 3.63) is 23.3 Å². The van der Waals surface area contributed by atoms with Gasteiger partial charge in [-0.1, -0.05) is 6.92 Å². The predicted octanol–water partition coefficient (Wildman–Crippen LogP) is 1.09. The van der Waals surface area contributed by atoms with Gasteiger partial charge in [0.2, 0.25) is 0 Å². The van der Waals surface area contributed by atoms with E-state index in [0.29, 0.717) is 24.6 Å². The van der Waals surface area contributed by atoms with E-state index in [1.54, 1.807) is 30.7 Å². The molecule has 0 spiro atoms. The summed E-state index contributed by atoms with van der Waals surface area (Å²) in [5.74, 6) is -0.556. The second kappa shape index (κ2) is 8.17. The van der Waals surface area contributed by atoms with E-state index in [4.69, 9.17) is 0 Å². The zero-order valence-electron chi connectivity index (χ0n) is 17.5. The monoisotopic (exact) mass is 431 g/mol. The van der Waals surface area contributed by atoms with Crippen LogP contribution in [0.3, 0.4) is 0 Å². The molecule has 10 heteroatoms. The van der Waals surface area contributed by atoms with Gasteiger partial charge in [0.1, 0.15) is 0 Å². The Morgan fingerprint density at radius 1 is 1.33 bits per heavy atom. The first-order valence-corrected chi connectivity index (χ1v) is 11.2. The van der Waals surface area contributed by atoms with Gasteiger partial charge in [-0.25, -0.2) is 19.3 Å². The average Bonchev–Trinajstić information content (AvgIpc) is 3.48. The molecule has 9 nitrogen and oxygen atoms in total. The summed E-state index contributed by atoms with van der Waals surface area (Å²) in [6.45, 7) is 4.02. The Morgan fingerprint density at radius 2 is 2.13 bits per heavy atom. The van der Waals surface area contributed by atoms with Crippen LogP contribution in [0.5, 0.6) is 0 Å². The molecule has 2 atom stereocenters. The van der Waals surface area contributed by atoms with Crippen molar-refractivity contribution in [2.24, 2.45) is 5.92 Å². The summed E-state index contributed by atoms with van der Waals surface area (Å²) in [6, 6.07) is -0.180. The number of fused-ring (bicyclic) bond motifs is 1. The zero-order valence-corrected chi connectivity index (χ0v) is 18.3. The number of hydrogen-bond acceptors (Lipinski definition) is 6. The minimum atomic E-state index is -0.608. The molecule has 4 rings (SSSR count). The number of rotatable bonds is 6. The third-order valence-corrected chi connectivity index (χ3v) is 6.71. The van der Waals surface area contributed by atoms with Gasteiger partial charge in [-0.3, -0.25) is 9.59 Å². The smallest absolute Gasteiger partial charge is 0.347 e. The van der Waals surface area contributed by atoms with E-state index in [9.17, 15) is 14.4 Å². The summed E-state index contributed by atoms with van der Waals surface area (Å²) >= 11 is 1.60. The predicted molar refractivity (Wildman–Crippen MR) is 113 cm³/mol. The molecule has 160 valence electrons. The van der Waals surface area contributed by atoms with Crippen LogP contribution in [-0.4, -0.2) is 82.8 Å². The summed E-state index contributed by atoms with van der Waals surface area (Å²) < 4.78 is 1.82. The van der Waals surface area contributed by atoms with Crippen LogP contribution in [0.1, 0.15) is 26.2 Å². The minimum absolute atomic E-state index is 0.202. The molecule has 4 heterocycles. The number of amidine groups is 1. The van der Waals surface area contributed by atoms with E-state index in [2.05, 4.69) is 15.2 Å². The van der Waals surface area contributed by atoms with Crippen LogP contribution in [0.25, 0.3) is 0 Å². The van der Waals surface area contributed by atoms with Crippen molar-refractivity contribution in [3.63, 3.8) is 0 Å². The zero-order chi connectivity index (χ0) is 21.4. The molecule has 4 amide bonds. The first-order valence-electron chi connectivity index (χ1n) is 10.3. The molecule has 30 heavy (non-hydrogen) atoms. The summed E-state index contributed by atoms with van der Waals surface area (Å²) in [5, 5.41) is 5.99. The summed E-state index contributed by atoms with van der Waals surface area (Å²) in [6.07, 6.45) is 6.34. The number of nitrogens with zero attached hydrogens (tertiary/aromatic N) is 5. The fourth-order valence-electron chi connectivity index (χ4n) is 4.43. The number of nitrogens with one attached hydrogen (secondary N) is 1. The highest BCUT2D eigenvalue weighted by atomic mass is 32.1. The highest BCUT2D eigenvalue weighted by Crippen LogP contribution is 2.28. The lowest BCUT2D eigenvalue weighted by Crippen LogP contribution is -2.57. The van der Waals surface area contributed by atoms with Crippen molar-refractivity contribution in [2.45, 2.75) is 32.2 Å². The average molecular weight is 432 g/mol. The van der Waals surface area contributed by atoms with Crippen LogP contribution in [0.2, 0.25) is 0 Å². The Kier molecular flexibility index (Phi) is 5.59. The number of aromatic nitrogens is 1. The number of hydrogen-bond donors (Lipinski definition) is 1. The normalized spacial score (nSPS) is 24.0. The summed E-state index contributed by atoms with van der Waals surface area (Å²) in [5.41, 5.74) is 0.443. The quantitative estimate of drug-likeness (QED) is 0.681. The lowest BCUT2D eigenvalue weighted by molar-refractivity contribution is -0.473. The number of amides is 4. The molecule has 3 aliphatic rings. The van der Waals surface area contributed by atoms with Gasteiger partial charge >= 0.3 is 6.03 Å². The number of urea groups is 1. The highest BCUT2D eigenvalue weighted by Gasteiger charge is 2.51. The maximum atomic E-state index is 13.1. The Balaban J connectivity index is 1.52. The van der Waals surface area contributed by atoms with Gasteiger partial charge < -0.3 is 10.2 Å². The topological polar surface area (TPSA) is 88.9 Å². The first kappa shape index (κ1) is 20.5. The number of anilines is 1. The van der Waals surface area contributed by atoms with Crippen molar-refractivity contribution in [1.82, 2.24) is 20.1 Å². The van der Waals surface area contributed by atoms with Crippen molar-refractivity contribution in [2.75, 3.05) is 38.6 Å². The Hall–Kier alpha value is -2.75. The fourth-order valence-corrected chi connectivity index (χ4v) is 5.17. The van der Waals surface area contributed by atoms with E-state index >= 15 is 0 Å². The van der Waals surface area contributed by atoms with Crippen molar-refractivity contribution >= 4 is 40.1 Å². The van der Waals surface area contributed by atoms with E-state index in [1.165, 1.54) is 11.9 Å². The number of imide groups is 1. The van der Waals surface area contributed by atoms with Gasteiger partial charge in [0, 0.05) is 37.8 Å². The van der Waals surface area contributed by atoms with Crippen LogP contribution in [-0.2, 0) is 9.59 Å². The molecule has 1 aromatic rings. The Morgan fingerprint density at radius 3 is 2.83 bits per heavy atom. The SMILES string of the molecule is CCC[N+]1=C2C(C=C1C(=O)NCC1CCCN1c1nccs1)C(=O)N(C)C(=O)N2C. The van der Waals surface area contributed by atoms with Crippen molar-refractivity contribution in [1.29, 1.82) is 0 Å². The summed E-state index contributed by atoms with van der Waals surface area (Å²) in [4.78, 5) is 47.4. The second-order valence-corrected chi connectivity index (χ2v) is 8.67. The molecule has 1 aromatic heterocycles. The molecule has 2 fully saturated rings. The second-order valence-electron chi connectivity index (χ2n) is 7.79. The van der Waals surface area contributed by atoms with E-state index in [-0.39, 0.29) is 23.9 Å². The number of carbonyl (C=O) groups is 3. The molecule has 1 N–H and O–H groups in total. The van der Waals surface area contributed by atoms with E-state index in [1.807, 2.05) is 16.9 Å². The lowest BCUT2D eigenvalue weighted by Gasteiger charge is -2.27. The third kappa shape index (κ3) is 3.38. The molecule has 0 aliphatic carbocycles. The van der Waals surface area contributed by atoms with Crippen LogP contribution >= 0.6 is 11.3 Å². The molecular formula is C20H27N6O3S+. The summed E-state index contributed by atoms with van der Waals surface area (Å²) in [7, 11) is 3.12. The molecule has 0 radical (unpaired) electrons. The Bertz CT molecular complexity index is 925. The first-order chi connectivity index (χ1) is 14.4. The third-order valence-electron chi connectivity index (χ3n) is 5.90. The standard InChI is InChI=1S/C20H26N6O3S/c1-4-8-26-15(11-14-17(26)23(2)20(29)24(3)18(14)28)16(27)22-12-13-6-5-9-25(13)19-21-7-10-30-19/h7,10-11,13-14H,4-6,8-9,12H2,1-3H3/p+1. The molecule has 0 bridgehead atoms. The maximum Gasteiger partial charge on any atom is 0.417 e. The van der Waals surface area contributed by atoms with Crippen molar-refractivity contribution in [3.8, 4) is 0 Å². The van der Waals surface area contributed by atoms with Crippen LogP contribution in [0, 0.1) is 5.92 Å². The van der Waals surface area contributed by atoms with Gasteiger partial charge in [-0.15, -0.1) is 11.3 Å². The number of thiazole rings is 1. The van der Waals surface area contributed by atoms with Gasteiger partial charge in [-0.2, -0.15) is 4.90 Å². The minimum Gasteiger partial charge on any atom is -0.347 e. The highest BCUT2D eigenvalue weighted by molar-refractivity contribution is 7.13. The number of carbonyl (C=O) groups excluding carboxylic acids is 3. The fraction of sp³-hybridized carbons (Fsp3) is 0.550. The van der Waals surface area contributed by atoms with Gasteiger partial charge in [0.15, 0.2) is 16.7 Å². The van der Waals surface area contributed by atoms with Crippen LogP contribution in [0.4, 0.5) is 9.93 Å². The van der Waals surface area contributed by atoms with Gasteiger partial charge in [0.25, 0.3) is 17.6 Å². The van der Waals surface area contributed by atoms with E-state index in [0.717, 1.165) is 35.8 Å². The maximum absolute atomic E-state index is 13.1. The largest absolute Gasteiger partial charge is 0.417 e. The Labute approximate surface area is 179 Å². The van der Waals surface area contributed by atoms with Crippen molar-refractivity contribution < 1.29 is 19.0 Å². The molecule has 2 saturated heterocycles. The molecule has 2 unspecified atom stereocenters. The molecular weight excluding hydrogens is 404 g/mol.